The number of hydrogen-bond donors (Lipinski definition) is 0. The molecule has 0 unspecified atom stereocenters. The lowest BCUT2D eigenvalue weighted by Gasteiger charge is -2.29. The van der Waals surface area contributed by atoms with Crippen LogP contribution < -0.4 is 0 Å². The zero-order chi connectivity index (χ0) is 25.8. The van der Waals surface area contributed by atoms with Crippen LogP contribution in [0.4, 0.5) is 0 Å². The van der Waals surface area contributed by atoms with Gasteiger partial charge in [-0.15, -0.1) is 0 Å². The van der Waals surface area contributed by atoms with Gasteiger partial charge in [-0.3, -0.25) is 4.98 Å². The Morgan fingerprint density at radius 3 is 1.94 bits per heavy atom. The third kappa shape index (κ3) is 5.46. The predicted octanol–water partition coefficient (Wildman–Crippen LogP) is 4.44. The third-order valence-corrected chi connectivity index (χ3v) is 9.53. The monoisotopic (exact) mass is 523 g/mol. The van der Waals surface area contributed by atoms with E-state index in [1.165, 1.54) is 54.7 Å². The summed E-state index contributed by atoms with van der Waals surface area (Å²) in [6, 6.07) is 24.2. The van der Waals surface area contributed by atoms with Crippen molar-refractivity contribution >= 4 is 37.2 Å². The number of hydrogen-bond acceptors (Lipinski definition) is 7. The molecular formula is C26H25N3O5S2. The fraction of sp³-hybridized carbons (Fsp3) is 0.154. The molecule has 4 aromatic rings. The van der Waals surface area contributed by atoms with Gasteiger partial charge in [-0.1, -0.05) is 69.5 Å². The number of pyridine rings is 1. The lowest BCUT2D eigenvalue weighted by molar-refractivity contribution is -0.0168. The van der Waals surface area contributed by atoms with Crippen molar-refractivity contribution in [2.45, 2.75) is 29.2 Å². The lowest BCUT2D eigenvalue weighted by Crippen LogP contribution is -2.46. The highest BCUT2D eigenvalue weighted by atomic mass is 32.3. The summed E-state index contributed by atoms with van der Waals surface area (Å²) >= 11 is 0. The maximum Gasteiger partial charge on any atom is 0.256 e. The number of sulfonamides is 2. The number of rotatable bonds is 9. The number of aromatic nitrogens is 1. The molecule has 186 valence electrons. The first kappa shape index (κ1) is 25.5. The van der Waals surface area contributed by atoms with Gasteiger partial charge in [0.1, 0.15) is 5.60 Å². The minimum atomic E-state index is -4.44. The Morgan fingerprint density at radius 2 is 1.36 bits per heavy atom. The van der Waals surface area contributed by atoms with Gasteiger partial charge in [0.25, 0.3) is 20.0 Å². The van der Waals surface area contributed by atoms with E-state index in [2.05, 4.69) is 10.1 Å². The molecule has 0 spiro atoms. The maximum absolute atomic E-state index is 13.5. The zero-order valence-electron chi connectivity index (χ0n) is 19.7. The van der Waals surface area contributed by atoms with Crippen molar-refractivity contribution in [1.82, 2.24) is 8.69 Å². The summed E-state index contributed by atoms with van der Waals surface area (Å²) in [7, 11) is -8.89. The Kier molecular flexibility index (Phi) is 7.21. The van der Waals surface area contributed by atoms with Crippen molar-refractivity contribution in [3.05, 3.63) is 103 Å². The Morgan fingerprint density at radius 1 is 0.806 bits per heavy atom. The third-order valence-electron chi connectivity index (χ3n) is 5.28. The Labute approximate surface area is 211 Å². The first-order valence-corrected chi connectivity index (χ1v) is 13.9. The summed E-state index contributed by atoms with van der Waals surface area (Å²) in [6.07, 6.45) is 3.14. The molecule has 3 aromatic carbocycles. The minimum Gasteiger partial charge on any atom is -0.388 e. The fourth-order valence-corrected chi connectivity index (χ4v) is 7.50. The molecule has 0 atom stereocenters. The normalized spacial score (nSPS) is 12.9. The van der Waals surface area contributed by atoms with E-state index >= 15 is 0 Å². The lowest BCUT2D eigenvalue weighted by atomic mass is 10.1. The molecule has 0 radical (unpaired) electrons. The molecule has 0 fully saturated rings. The van der Waals surface area contributed by atoms with Gasteiger partial charge in [-0.05, 0) is 44.2 Å². The van der Waals surface area contributed by atoms with Crippen LogP contribution in [0.1, 0.15) is 19.4 Å². The summed E-state index contributed by atoms with van der Waals surface area (Å²) in [5, 5.41) is 4.97. The molecule has 0 saturated carbocycles. The summed E-state index contributed by atoms with van der Waals surface area (Å²) in [5.74, 6) is 0. The number of para-hydroxylation sites is 1. The van der Waals surface area contributed by atoms with Crippen molar-refractivity contribution in [1.29, 1.82) is 0 Å². The van der Waals surface area contributed by atoms with Gasteiger partial charge in [0, 0.05) is 17.1 Å². The van der Waals surface area contributed by atoms with Crippen molar-refractivity contribution in [3.63, 3.8) is 0 Å². The Hall–Kier alpha value is -3.60. The van der Waals surface area contributed by atoms with E-state index in [0.29, 0.717) is 9.27 Å². The van der Waals surface area contributed by atoms with E-state index in [9.17, 15) is 16.8 Å². The predicted molar refractivity (Wildman–Crippen MR) is 138 cm³/mol. The minimum absolute atomic E-state index is 0.148. The summed E-state index contributed by atoms with van der Waals surface area (Å²) in [4.78, 5) is 9.71. The highest BCUT2D eigenvalue weighted by Crippen LogP contribution is 2.27. The molecule has 1 heterocycles. The Balaban J connectivity index is 1.66. The van der Waals surface area contributed by atoms with Gasteiger partial charge >= 0.3 is 0 Å². The second kappa shape index (κ2) is 10.2. The second-order valence-electron chi connectivity index (χ2n) is 8.57. The van der Waals surface area contributed by atoms with Crippen LogP contribution in [0.3, 0.4) is 0 Å². The van der Waals surface area contributed by atoms with Crippen molar-refractivity contribution in [2.75, 3.05) is 6.54 Å². The number of nitrogens with zero attached hydrogens (tertiary/aromatic N) is 3. The fourth-order valence-electron chi connectivity index (χ4n) is 3.52. The van der Waals surface area contributed by atoms with E-state index in [1.54, 1.807) is 32.2 Å². The first-order chi connectivity index (χ1) is 17.1. The number of fused-ring (bicyclic) bond motifs is 1. The van der Waals surface area contributed by atoms with Gasteiger partial charge in [0.2, 0.25) is 0 Å². The van der Waals surface area contributed by atoms with Crippen LogP contribution in [0.25, 0.3) is 10.9 Å². The van der Waals surface area contributed by atoms with Gasteiger partial charge in [0.05, 0.1) is 28.1 Å². The van der Waals surface area contributed by atoms with Crippen molar-refractivity contribution in [2.24, 2.45) is 5.16 Å². The SMILES string of the molecule is CC(C)(CN(S(=O)(=O)c1ccccc1)S(=O)(=O)c1ccccc1)O/N=C/c1cccc2cccnc12. The molecule has 0 amide bonds. The van der Waals surface area contributed by atoms with E-state index in [-0.39, 0.29) is 9.79 Å². The largest absolute Gasteiger partial charge is 0.388 e. The molecule has 1 aromatic heterocycles. The molecule has 0 bridgehead atoms. The maximum atomic E-state index is 13.5. The molecule has 0 aliphatic heterocycles. The summed E-state index contributed by atoms with van der Waals surface area (Å²) in [5.41, 5.74) is 0.123. The number of benzene rings is 3. The highest BCUT2D eigenvalue weighted by molar-refractivity contribution is 8.04. The molecule has 10 heteroatoms. The van der Waals surface area contributed by atoms with Crippen LogP contribution in [0, 0.1) is 0 Å². The van der Waals surface area contributed by atoms with E-state index < -0.39 is 32.2 Å². The average molecular weight is 524 g/mol. The zero-order valence-corrected chi connectivity index (χ0v) is 21.4. The van der Waals surface area contributed by atoms with Gasteiger partial charge in [0.15, 0.2) is 0 Å². The summed E-state index contributed by atoms with van der Waals surface area (Å²) in [6.45, 7) is 2.63. The molecular weight excluding hydrogens is 498 g/mol. The topological polar surface area (TPSA) is 106 Å². The second-order valence-corrected chi connectivity index (χ2v) is 12.5. The molecule has 4 rings (SSSR count). The van der Waals surface area contributed by atoms with Crippen molar-refractivity contribution < 1.29 is 21.7 Å². The summed E-state index contributed by atoms with van der Waals surface area (Å²) < 4.78 is 54.5. The van der Waals surface area contributed by atoms with Crippen LogP contribution >= 0.6 is 0 Å². The average Bonchev–Trinajstić information content (AvgIpc) is 2.88. The van der Waals surface area contributed by atoms with Gasteiger partial charge in [-0.2, -0.15) is 0 Å². The molecule has 0 aliphatic rings. The molecule has 0 aliphatic carbocycles. The molecule has 0 saturated heterocycles. The van der Waals surface area contributed by atoms with Crippen LogP contribution in [0.15, 0.2) is 112 Å². The molecule has 8 nitrogen and oxygen atoms in total. The van der Waals surface area contributed by atoms with Crippen LogP contribution in [0.5, 0.6) is 0 Å². The molecule has 0 N–H and O–H groups in total. The van der Waals surface area contributed by atoms with Crippen LogP contribution in [0.2, 0.25) is 0 Å². The first-order valence-electron chi connectivity index (χ1n) is 11.0. The van der Waals surface area contributed by atoms with Gasteiger partial charge < -0.3 is 4.84 Å². The van der Waals surface area contributed by atoms with E-state index in [1.807, 2.05) is 30.3 Å². The van der Waals surface area contributed by atoms with E-state index in [0.717, 1.165) is 10.9 Å². The molecule has 36 heavy (non-hydrogen) atoms. The smallest absolute Gasteiger partial charge is 0.256 e. The van der Waals surface area contributed by atoms with Crippen LogP contribution in [-0.2, 0) is 24.9 Å². The highest BCUT2D eigenvalue weighted by Gasteiger charge is 2.41. The van der Waals surface area contributed by atoms with Gasteiger partial charge in [-0.25, -0.2) is 16.8 Å². The van der Waals surface area contributed by atoms with E-state index in [4.69, 9.17) is 4.84 Å². The quantitative estimate of drug-likeness (QED) is 0.237. The standard InChI is InChI=1S/C26H25N3O5S2/c1-26(2,34-28-19-22-12-9-11-21-13-10-18-27-25(21)22)20-29(35(30,31)23-14-5-3-6-15-23)36(32,33)24-16-7-4-8-17-24/h3-19H,20H2,1-2H3/b28-19+. The Bertz CT molecular complexity index is 1510. The number of oxime groups is 1. The van der Waals surface area contributed by atoms with Crippen molar-refractivity contribution in [3.8, 4) is 0 Å². The van der Waals surface area contributed by atoms with Crippen LogP contribution in [-0.4, -0.2) is 43.9 Å².